The third kappa shape index (κ3) is 6.82. The average molecular weight is 380 g/mol. The maximum absolute atomic E-state index is 11.8. The second-order valence-electron chi connectivity index (χ2n) is 6.32. The zero-order valence-electron chi connectivity index (χ0n) is 15.9. The van der Waals surface area contributed by atoms with Gasteiger partial charge in [-0.15, -0.1) is 0 Å². The molecule has 2 rings (SSSR count). The molecule has 3 N–H and O–H groups in total. The number of nitrogens with one attached hydrogen (secondary N) is 2. The summed E-state index contributed by atoms with van der Waals surface area (Å²) in [5.41, 5.74) is 1.35. The van der Waals surface area contributed by atoms with Crippen LogP contribution in [0.5, 0.6) is 11.5 Å². The quantitative estimate of drug-likeness (QED) is 0.463. The predicted octanol–water partition coefficient (Wildman–Crippen LogP) is 0.905. The molecule has 0 aromatic heterocycles. The van der Waals surface area contributed by atoms with Gasteiger partial charge in [0.2, 0.25) is 5.91 Å². The number of ketones is 1. The van der Waals surface area contributed by atoms with Gasteiger partial charge in [-0.3, -0.25) is 9.59 Å². The molecule has 8 nitrogen and oxygen atoms in total. The van der Waals surface area contributed by atoms with Crippen molar-refractivity contribution in [3.05, 3.63) is 17.7 Å². The Morgan fingerprint density at radius 1 is 1.30 bits per heavy atom. The highest BCUT2D eigenvalue weighted by Crippen LogP contribution is 2.38. The summed E-state index contributed by atoms with van der Waals surface area (Å²) in [7, 11) is 0. The highest BCUT2D eigenvalue weighted by molar-refractivity contribution is 5.96. The Balaban J connectivity index is 1.95. The number of hydrogen-bond acceptors (Lipinski definition) is 7. The fraction of sp³-hybridized carbons (Fsp3) is 0.579. The lowest BCUT2D eigenvalue weighted by atomic mass is 10.0. The number of carbonyl (C=O) groups excluding carboxylic acids is 2. The number of hydrogen-bond donors (Lipinski definition) is 3. The summed E-state index contributed by atoms with van der Waals surface area (Å²) in [4.78, 5) is 22.9. The Morgan fingerprint density at radius 3 is 2.81 bits per heavy atom. The van der Waals surface area contributed by atoms with Gasteiger partial charge < -0.3 is 30.0 Å². The van der Waals surface area contributed by atoms with Gasteiger partial charge in [-0.1, -0.05) is 0 Å². The standard InChI is InChI=1S/C19H28N2O6/c1-3-25-9-8-20-10-14(23)12-27-16-5-6-17(26-11-13(2)22)19-15(16)4-7-18(24)21-19/h5-6,14,20,23H,3-4,7-12H2,1-2H3,(H,21,24). The number of rotatable bonds is 12. The van der Waals surface area contributed by atoms with E-state index in [0.717, 1.165) is 5.56 Å². The van der Waals surface area contributed by atoms with Gasteiger partial charge in [0.1, 0.15) is 30.8 Å². The number of fused-ring (bicyclic) bond motifs is 1. The molecule has 0 saturated carbocycles. The van der Waals surface area contributed by atoms with Gasteiger partial charge in [-0.2, -0.15) is 0 Å². The monoisotopic (exact) mass is 380 g/mol. The van der Waals surface area contributed by atoms with Crippen LogP contribution in [0.15, 0.2) is 12.1 Å². The first kappa shape index (κ1) is 21.1. The largest absolute Gasteiger partial charge is 0.490 e. The number of ether oxygens (including phenoxy) is 3. The molecule has 0 saturated heterocycles. The summed E-state index contributed by atoms with van der Waals surface area (Å²) in [6.45, 7) is 5.75. The number of amides is 1. The molecule has 27 heavy (non-hydrogen) atoms. The smallest absolute Gasteiger partial charge is 0.224 e. The maximum Gasteiger partial charge on any atom is 0.224 e. The van der Waals surface area contributed by atoms with Crippen LogP contribution in [0.25, 0.3) is 0 Å². The number of Topliss-reactive ketones (excluding diaryl/α,β-unsaturated/α-hetero) is 1. The number of carbonyl (C=O) groups is 2. The Labute approximate surface area is 159 Å². The van der Waals surface area contributed by atoms with Crippen LogP contribution in [0.1, 0.15) is 25.8 Å². The number of aliphatic hydroxyl groups is 1. The fourth-order valence-electron chi connectivity index (χ4n) is 2.67. The third-order valence-electron chi connectivity index (χ3n) is 3.97. The van der Waals surface area contributed by atoms with Crippen molar-refractivity contribution in [1.29, 1.82) is 0 Å². The molecule has 1 aromatic carbocycles. The lowest BCUT2D eigenvalue weighted by molar-refractivity contribution is -0.119. The lowest BCUT2D eigenvalue weighted by Gasteiger charge is -2.23. The Bertz CT molecular complexity index is 649. The highest BCUT2D eigenvalue weighted by atomic mass is 16.5. The molecule has 0 bridgehead atoms. The van der Waals surface area contributed by atoms with Crippen molar-refractivity contribution < 1.29 is 28.9 Å². The van der Waals surface area contributed by atoms with Crippen LogP contribution in [0.2, 0.25) is 0 Å². The molecular weight excluding hydrogens is 352 g/mol. The van der Waals surface area contributed by atoms with E-state index < -0.39 is 6.10 Å². The van der Waals surface area contributed by atoms with Gasteiger partial charge in [0.05, 0.1) is 12.3 Å². The summed E-state index contributed by atoms with van der Waals surface area (Å²) in [5.74, 6) is 0.823. The summed E-state index contributed by atoms with van der Waals surface area (Å²) in [6.07, 6.45) is 0.187. The second-order valence-corrected chi connectivity index (χ2v) is 6.32. The van der Waals surface area contributed by atoms with Gasteiger partial charge in [0.25, 0.3) is 0 Å². The van der Waals surface area contributed by atoms with Crippen molar-refractivity contribution in [2.75, 3.05) is 44.8 Å². The maximum atomic E-state index is 11.8. The molecule has 150 valence electrons. The van der Waals surface area contributed by atoms with E-state index in [1.807, 2.05) is 6.92 Å². The minimum Gasteiger partial charge on any atom is -0.490 e. The van der Waals surface area contributed by atoms with Gasteiger partial charge >= 0.3 is 0 Å². The number of benzene rings is 1. The second kappa shape index (κ2) is 10.9. The first-order valence-corrected chi connectivity index (χ1v) is 9.18. The van der Waals surface area contributed by atoms with Crippen molar-refractivity contribution in [1.82, 2.24) is 5.32 Å². The number of anilines is 1. The van der Waals surface area contributed by atoms with Crippen molar-refractivity contribution in [3.8, 4) is 11.5 Å². The molecule has 0 fully saturated rings. The van der Waals surface area contributed by atoms with Crippen LogP contribution in [0, 0.1) is 0 Å². The van der Waals surface area contributed by atoms with E-state index in [2.05, 4.69) is 10.6 Å². The van der Waals surface area contributed by atoms with Gasteiger partial charge in [-0.05, 0) is 32.4 Å². The van der Waals surface area contributed by atoms with Crippen molar-refractivity contribution >= 4 is 17.4 Å². The van der Waals surface area contributed by atoms with E-state index in [1.165, 1.54) is 6.92 Å². The summed E-state index contributed by atoms with van der Waals surface area (Å²) < 4.78 is 16.5. The molecule has 0 aliphatic carbocycles. The molecule has 1 aromatic rings. The van der Waals surface area contributed by atoms with Crippen molar-refractivity contribution in [3.63, 3.8) is 0 Å². The van der Waals surface area contributed by atoms with Crippen molar-refractivity contribution in [2.24, 2.45) is 0 Å². The van der Waals surface area contributed by atoms with E-state index in [-0.39, 0.29) is 24.9 Å². The van der Waals surface area contributed by atoms with Crippen LogP contribution in [0.4, 0.5) is 5.69 Å². The molecule has 1 heterocycles. The summed E-state index contributed by atoms with van der Waals surface area (Å²) in [6, 6.07) is 3.40. The first-order chi connectivity index (χ1) is 13.0. The topological polar surface area (TPSA) is 106 Å². The fourth-order valence-corrected chi connectivity index (χ4v) is 2.67. The molecule has 1 unspecified atom stereocenters. The molecular formula is C19H28N2O6. The van der Waals surface area contributed by atoms with Crippen molar-refractivity contribution in [2.45, 2.75) is 32.8 Å². The predicted molar refractivity (Wildman–Crippen MR) is 100 cm³/mol. The zero-order valence-corrected chi connectivity index (χ0v) is 15.9. The third-order valence-corrected chi connectivity index (χ3v) is 3.97. The van der Waals surface area contributed by atoms with Crippen LogP contribution in [-0.4, -0.2) is 62.4 Å². The van der Waals surface area contributed by atoms with E-state index in [0.29, 0.717) is 56.3 Å². The summed E-state index contributed by atoms with van der Waals surface area (Å²) >= 11 is 0. The molecule has 0 spiro atoms. The van der Waals surface area contributed by atoms with E-state index in [1.54, 1.807) is 12.1 Å². The highest BCUT2D eigenvalue weighted by Gasteiger charge is 2.23. The van der Waals surface area contributed by atoms with Crippen LogP contribution in [0.3, 0.4) is 0 Å². The minimum absolute atomic E-state index is 0.0609. The number of aliphatic hydroxyl groups excluding tert-OH is 1. The molecule has 0 radical (unpaired) electrons. The molecule has 1 aliphatic heterocycles. The van der Waals surface area contributed by atoms with Crippen LogP contribution >= 0.6 is 0 Å². The first-order valence-electron chi connectivity index (χ1n) is 9.18. The average Bonchev–Trinajstić information content (AvgIpc) is 2.64. The minimum atomic E-state index is -0.672. The van der Waals surface area contributed by atoms with E-state index in [9.17, 15) is 14.7 Å². The SMILES string of the molecule is CCOCCNCC(O)COc1ccc(OCC(C)=O)c2c1CCC(=O)N2. The Kier molecular flexibility index (Phi) is 8.50. The van der Waals surface area contributed by atoms with Gasteiger partial charge in [-0.25, -0.2) is 0 Å². The summed E-state index contributed by atoms with van der Waals surface area (Å²) in [5, 5.41) is 15.9. The van der Waals surface area contributed by atoms with Gasteiger partial charge in [0.15, 0.2) is 5.78 Å². The molecule has 1 atom stereocenters. The normalized spacial score (nSPS) is 14.3. The van der Waals surface area contributed by atoms with Gasteiger partial charge in [0, 0.05) is 31.7 Å². The molecule has 1 amide bonds. The van der Waals surface area contributed by atoms with Crippen LogP contribution < -0.4 is 20.1 Å². The zero-order chi connectivity index (χ0) is 19.6. The van der Waals surface area contributed by atoms with Crippen LogP contribution in [-0.2, 0) is 20.7 Å². The Hall–Kier alpha value is -2.16. The van der Waals surface area contributed by atoms with E-state index >= 15 is 0 Å². The van der Waals surface area contributed by atoms with E-state index in [4.69, 9.17) is 14.2 Å². The molecule has 1 aliphatic rings. The molecule has 8 heteroatoms. The Morgan fingerprint density at radius 2 is 2.07 bits per heavy atom. The lowest BCUT2D eigenvalue weighted by Crippen LogP contribution is -2.33.